The average molecular weight is 438 g/mol. The van der Waals surface area contributed by atoms with Gasteiger partial charge in [0.2, 0.25) is 0 Å². The molecular weight excluding hydrogens is 406 g/mol. The van der Waals surface area contributed by atoms with Crippen LogP contribution < -0.4 is 4.74 Å². The Morgan fingerprint density at radius 3 is 2.81 bits per heavy atom. The molecule has 31 heavy (non-hydrogen) atoms. The summed E-state index contributed by atoms with van der Waals surface area (Å²) in [6.45, 7) is 1.12. The maximum atomic E-state index is 13.2. The van der Waals surface area contributed by atoms with Crippen LogP contribution in [0.2, 0.25) is 0 Å². The Balaban J connectivity index is 1.45. The molecule has 3 atom stereocenters. The molecule has 0 unspecified atom stereocenters. The van der Waals surface area contributed by atoms with Gasteiger partial charge < -0.3 is 14.4 Å². The maximum Gasteiger partial charge on any atom is 0.410 e. The van der Waals surface area contributed by atoms with Gasteiger partial charge in [0.05, 0.1) is 7.11 Å². The monoisotopic (exact) mass is 437 g/mol. The lowest BCUT2D eigenvalue weighted by Crippen LogP contribution is -2.62. The van der Waals surface area contributed by atoms with Crippen molar-refractivity contribution >= 4 is 17.9 Å². The van der Waals surface area contributed by atoms with Crippen LogP contribution >= 0.6 is 11.8 Å². The second-order valence-electron chi connectivity index (χ2n) is 9.13. The van der Waals surface area contributed by atoms with E-state index in [1.807, 2.05) is 35.2 Å². The summed E-state index contributed by atoms with van der Waals surface area (Å²) in [5.74, 6) is 1.50. The van der Waals surface area contributed by atoms with Gasteiger partial charge in [-0.3, -0.25) is 0 Å². The number of likely N-dealkylation sites (tertiary alicyclic amines) is 1. The zero-order valence-electron chi connectivity index (χ0n) is 18.4. The normalized spacial score (nSPS) is 26.6. The van der Waals surface area contributed by atoms with E-state index in [-0.39, 0.29) is 17.6 Å². The van der Waals surface area contributed by atoms with Crippen LogP contribution in [0.1, 0.15) is 48.8 Å². The average Bonchev–Trinajstić information content (AvgIpc) is 2.82. The third-order valence-electron chi connectivity index (χ3n) is 7.78. The number of ether oxygens (including phenoxy) is 2. The van der Waals surface area contributed by atoms with Crippen LogP contribution in [0.3, 0.4) is 0 Å². The summed E-state index contributed by atoms with van der Waals surface area (Å²) in [5.41, 5.74) is 4.09. The summed E-state index contributed by atoms with van der Waals surface area (Å²) < 4.78 is 11.5. The van der Waals surface area contributed by atoms with Gasteiger partial charge in [0.1, 0.15) is 12.4 Å². The summed E-state index contributed by atoms with van der Waals surface area (Å²) in [7, 11) is 1.77. The van der Waals surface area contributed by atoms with E-state index in [4.69, 9.17) is 9.47 Å². The van der Waals surface area contributed by atoms with Crippen LogP contribution in [0.5, 0.6) is 5.75 Å². The highest BCUT2D eigenvalue weighted by Gasteiger charge is 2.55. The third-order valence-corrected chi connectivity index (χ3v) is 8.53. The van der Waals surface area contributed by atoms with Crippen LogP contribution in [-0.4, -0.2) is 36.9 Å². The van der Waals surface area contributed by atoms with Gasteiger partial charge in [0.25, 0.3) is 0 Å². The van der Waals surface area contributed by atoms with Gasteiger partial charge in [-0.2, -0.15) is 0 Å². The molecule has 0 N–H and O–H groups in total. The largest absolute Gasteiger partial charge is 0.496 e. The van der Waals surface area contributed by atoms with E-state index in [1.54, 1.807) is 18.9 Å². The summed E-state index contributed by atoms with van der Waals surface area (Å²) in [4.78, 5) is 16.4. The van der Waals surface area contributed by atoms with E-state index in [9.17, 15) is 4.79 Å². The number of benzene rings is 2. The summed E-state index contributed by atoms with van der Waals surface area (Å²) >= 11 is 1.73. The first-order valence-electron chi connectivity index (χ1n) is 11.4. The highest BCUT2D eigenvalue weighted by molar-refractivity contribution is 7.98. The Morgan fingerprint density at radius 2 is 2.03 bits per heavy atom. The number of rotatable bonds is 4. The quantitative estimate of drug-likeness (QED) is 0.566. The fraction of sp³-hybridized carbons (Fsp3) is 0.500. The van der Waals surface area contributed by atoms with Gasteiger partial charge in [-0.05, 0) is 66.7 Å². The first kappa shape index (κ1) is 20.7. The number of nitrogens with zero attached hydrogens (tertiary/aromatic N) is 1. The second-order valence-corrected chi connectivity index (χ2v) is 9.98. The van der Waals surface area contributed by atoms with Crippen LogP contribution in [0.4, 0.5) is 4.79 Å². The lowest BCUT2D eigenvalue weighted by molar-refractivity contribution is -0.0138. The van der Waals surface area contributed by atoms with Gasteiger partial charge in [-0.25, -0.2) is 4.79 Å². The van der Waals surface area contributed by atoms with Crippen molar-refractivity contribution in [3.8, 4) is 5.75 Å². The molecule has 0 aromatic heterocycles. The van der Waals surface area contributed by atoms with Gasteiger partial charge in [-0.1, -0.05) is 43.2 Å². The number of hydrogen-bond donors (Lipinski definition) is 0. The summed E-state index contributed by atoms with van der Waals surface area (Å²) in [6, 6.07) is 14.8. The SMILES string of the molecule is COc1cc2c(cc1SC)C[C@@H]1[C@@H]3CCCC[C@]23CCN1C(=O)OCc1ccccc1. The number of hydrogen-bond acceptors (Lipinski definition) is 4. The molecule has 1 amide bonds. The maximum absolute atomic E-state index is 13.2. The van der Waals surface area contributed by atoms with Crippen molar-refractivity contribution in [2.45, 2.75) is 61.5 Å². The number of carbonyl (C=O) groups excluding carboxylic acids is 1. The molecule has 1 saturated carbocycles. The molecule has 0 radical (unpaired) electrons. The Morgan fingerprint density at radius 1 is 1.19 bits per heavy atom. The van der Waals surface area contributed by atoms with Crippen LogP contribution in [0.25, 0.3) is 0 Å². The standard InChI is InChI=1S/C26H31NO3S/c1-29-23-16-21-19(15-24(23)31-2)14-22-20-10-6-7-11-26(20,21)12-13-27(22)25(28)30-17-18-8-4-3-5-9-18/h3-5,8-9,15-16,20,22H,6-7,10-14,17H2,1-2H3/t20-,22+,26+/m0/s1. The van der Waals surface area contributed by atoms with Crippen LogP contribution in [0.15, 0.2) is 47.4 Å². The highest BCUT2D eigenvalue weighted by atomic mass is 32.2. The molecule has 2 fully saturated rings. The van der Waals surface area contributed by atoms with E-state index in [1.165, 1.54) is 41.7 Å². The molecule has 2 aromatic carbocycles. The minimum Gasteiger partial charge on any atom is -0.496 e. The molecule has 2 aliphatic carbocycles. The second kappa shape index (κ2) is 8.42. The fourth-order valence-corrected chi connectivity index (χ4v) is 6.97. The molecule has 164 valence electrons. The van der Waals surface area contributed by atoms with Crippen molar-refractivity contribution in [2.24, 2.45) is 5.92 Å². The third kappa shape index (κ3) is 3.51. The molecule has 5 rings (SSSR count). The zero-order valence-corrected chi connectivity index (χ0v) is 19.2. The summed E-state index contributed by atoms with van der Waals surface area (Å²) in [6.07, 6.45) is 8.81. The molecule has 4 nitrogen and oxygen atoms in total. The molecule has 1 heterocycles. The van der Waals surface area contributed by atoms with E-state index < -0.39 is 0 Å². The molecule has 5 heteroatoms. The fourth-order valence-electron chi connectivity index (χ4n) is 6.37. The first-order chi connectivity index (χ1) is 15.2. The topological polar surface area (TPSA) is 38.8 Å². The Labute approximate surface area is 189 Å². The lowest BCUT2D eigenvalue weighted by Gasteiger charge is -2.58. The molecule has 2 bridgehead atoms. The van der Waals surface area contributed by atoms with Crippen molar-refractivity contribution in [2.75, 3.05) is 19.9 Å². The molecular formula is C26H31NO3S. The molecule has 0 spiro atoms. The van der Waals surface area contributed by atoms with Crippen LogP contribution in [0, 0.1) is 5.92 Å². The number of thioether (sulfide) groups is 1. The number of fused-ring (bicyclic) bond motifs is 1. The first-order valence-corrected chi connectivity index (χ1v) is 12.6. The zero-order chi connectivity index (χ0) is 21.4. The number of carbonyl (C=O) groups is 1. The Kier molecular flexibility index (Phi) is 5.63. The van der Waals surface area contributed by atoms with Crippen molar-refractivity contribution in [3.05, 3.63) is 59.2 Å². The predicted molar refractivity (Wildman–Crippen MR) is 124 cm³/mol. The lowest BCUT2D eigenvalue weighted by atomic mass is 9.52. The van der Waals surface area contributed by atoms with Crippen molar-refractivity contribution in [3.63, 3.8) is 0 Å². The minimum atomic E-state index is -0.157. The van der Waals surface area contributed by atoms with E-state index in [0.717, 1.165) is 30.7 Å². The van der Waals surface area contributed by atoms with E-state index in [2.05, 4.69) is 18.4 Å². The molecule has 1 saturated heterocycles. The van der Waals surface area contributed by atoms with E-state index >= 15 is 0 Å². The van der Waals surface area contributed by atoms with Crippen molar-refractivity contribution in [1.82, 2.24) is 4.90 Å². The minimum absolute atomic E-state index is 0.157. The summed E-state index contributed by atoms with van der Waals surface area (Å²) in [5, 5.41) is 0. The smallest absolute Gasteiger partial charge is 0.410 e. The van der Waals surface area contributed by atoms with Crippen LogP contribution in [-0.2, 0) is 23.2 Å². The number of methoxy groups -OCH3 is 1. The number of piperidine rings is 1. The molecule has 3 aliphatic rings. The van der Waals surface area contributed by atoms with Gasteiger partial charge >= 0.3 is 6.09 Å². The Bertz CT molecular complexity index is 963. The van der Waals surface area contributed by atoms with Gasteiger partial charge in [0.15, 0.2) is 0 Å². The molecule has 2 aromatic rings. The van der Waals surface area contributed by atoms with Crippen molar-refractivity contribution < 1.29 is 14.3 Å². The number of amides is 1. The van der Waals surface area contributed by atoms with Gasteiger partial charge in [-0.15, -0.1) is 11.8 Å². The highest BCUT2D eigenvalue weighted by Crippen LogP contribution is 2.57. The van der Waals surface area contributed by atoms with E-state index in [0.29, 0.717) is 12.5 Å². The van der Waals surface area contributed by atoms with Gasteiger partial charge in [0, 0.05) is 22.9 Å². The predicted octanol–water partition coefficient (Wildman–Crippen LogP) is 5.81. The Hall–Kier alpha value is -2.14. The van der Waals surface area contributed by atoms with Crippen molar-refractivity contribution in [1.29, 1.82) is 0 Å². The molecule has 1 aliphatic heterocycles.